The molecule has 1 saturated heterocycles. The molecule has 0 spiro atoms. The van der Waals surface area contributed by atoms with Crippen LogP contribution in [0.3, 0.4) is 0 Å². The van der Waals surface area contributed by atoms with E-state index in [2.05, 4.69) is 51.8 Å². The number of aryl methyl sites for hydroxylation is 2. The van der Waals surface area contributed by atoms with Crippen molar-refractivity contribution in [2.75, 3.05) is 25.0 Å². The molecular weight excluding hydrogens is 340 g/mol. The van der Waals surface area contributed by atoms with E-state index in [1.807, 2.05) is 24.7 Å². The van der Waals surface area contributed by atoms with Crippen LogP contribution in [0.4, 0.5) is 5.69 Å². The molecule has 0 bridgehead atoms. The quantitative estimate of drug-likeness (QED) is 0.846. The highest BCUT2D eigenvalue weighted by Crippen LogP contribution is 2.28. The van der Waals surface area contributed by atoms with Crippen molar-refractivity contribution in [2.45, 2.75) is 66.0 Å². The van der Waals surface area contributed by atoms with Gasteiger partial charge >= 0.3 is 0 Å². The molecule has 0 unspecified atom stereocenters. The molecule has 1 aliphatic heterocycles. The predicted octanol–water partition coefficient (Wildman–Crippen LogP) is 3.12. The number of nitrogens with zero attached hydrogens (tertiary/aromatic N) is 5. The molecular formula is C20H32N6O. The minimum atomic E-state index is 0.0407. The van der Waals surface area contributed by atoms with E-state index in [4.69, 9.17) is 0 Å². The molecule has 2 aromatic rings. The molecule has 7 heteroatoms. The highest BCUT2D eigenvalue weighted by molar-refractivity contribution is 5.93. The lowest BCUT2D eigenvalue weighted by Crippen LogP contribution is -2.39. The second-order valence-electron chi connectivity index (χ2n) is 7.75. The van der Waals surface area contributed by atoms with E-state index in [0.717, 1.165) is 49.6 Å². The number of nitrogens with one attached hydrogen (secondary N) is 1. The van der Waals surface area contributed by atoms with Gasteiger partial charge in [-0.1, -0.05) is 0 Å². The van der Waals surface area contributed by atoms with E-state index < -0.39 is 0 Å². The van der Waals surface area contributed by atoms with Crippen molar-refractivity contribution < 1.29 is 4.79 Å². The van der Waals surface area contributed by atoms with Gasteiger partial charge in [0.25, 0.3) is 0 Å². The Morgan fingerprint density at radius 2 is 2.00 bits per heavy atom. The minimum absolute atomic E-state index is 0.0407. The molecule has 1 N–H and O–H groups in total. The van der Waals surface area contributed by atoms with Crippen molar-refractivity contribution in [3.63, 3.8) is 0 Å². The van der Waals surface area contributed by atoms with E-state index in [1.54, 1.807) is 0 Å². The number of rotatable bonds is 6. The summed E-state index contributed by atoms with van der Waals surface area (Å²) in [4.78, 5) is 19.4. The van der Waals surface area contributed by atoms with Gasteiger partial charge in [-0.15, -0.1) is 0 Å². The van der Waals surface area contributed by atoms with Crippen LogP contribution in [0.5, 0.6) is 0 Å². The first-order valence-electron chi connectivity index (χ1n) is 9.99. The van der Waals surface area contributed by atoms with Crippen molar-refractivity contribution in [1.29, 1.82) is 0 Å². The van der Waals surface area contributed by atoms with Gasteiger partial charge < -0.3 is 9.88 Å². The van der Waals surface area contributed by atoms with E-state index in [9.17, 15) is 4.79 Å². The maximum absolute atomic E-state index is 12.5. The lowest BCUT2D eigenvalue weighted by atomic mass is 9.95. The molecule has 0 atom stereocenters. The lowest BCUT2D eigenvalue weighted by molar-refractivity contribution is -0.117. The maximum atomic E-state index is 12.5. The molecule has 0 aromatic carbocycles. The number of piperidine rings is 1. The lowest BCUT2D eigenvalue weighted by Gasteiger charge is -2.31. The molecule has 3 rings (SSSR count). The molecule has 1 aliphatic rings. The summed E-state index contributed by atoms with van der Waals surface area (Å²) in [6.07, 6.45) is 6.06. The second kappa shape index (κ2) is 8.25. The highest BCUT2D eigenvalue weighted by Gasteiger charge is 2.25. The SMILES string of the molecule is CCn1nc(C)c(NC(=O)CN2CCC(c3nccn3C(C)C)CC2)c1C. The fourth-order valence-electron chi connectivity index (χ4n) is 3.99. The monoisotopic (exact) mass is 372 g/mol. The van der Waals surface area contributed by atoms with E-state index in [-0.39, 0.29) is 5.91 Å². The molecule has 148 valence electrons. The largest absolute Gasteiger partial charge is 0.332 e. The number of anilines is 1. The summed E-state index contributed by atoms with van der Waals surface area (Å²) in [6.45, 7) is 13.5. The van der Waals surface area contributed by atoms with Crippen LogP contribution in [0, 0.1) is 13.8 Å². The molecule has 1 amide bonds. The van der Waals surface area contributed by atoms with Gasteiger partial charge in [0.2, 0.25) is 5.91 Å². The number of carbonyl (C=O) groups is 1. The van der Waals surface area contributed by atoms with Crippen molar-refractivity contribution in [1.82, 2.24) is 24.2 Å². The average molecular weight is 373 g/mol. The predicted molar refractivity (Wildman–Crippen MR) is 107 cm³/mol. The van der Waals surface area contributed by atoms with Gasteiger partial charge in [-0.2, -0.15) is 5.10 Å². The van der Waals surface area contributed by atoms with Gasteiger partial charge in [0, 0.05) is 30.9 Å². The molecule has 7 nitrogen and oxygen atoms in total. The van der Waals surface area contributed by atoms with Crippen LogP contribution in [0.25, 0.3) is 0 Å². The van der Waals surface area contributed by atoms with Crippen LogP contribution in [0.2, 0.25) is 0 Å². The smallest absolute Gasteiger partial charge is 0.238 e. The molecule has 0 saturated carbocycles. The van der Waals surface area contributed by atoms with Crippen LogP contribution in [-0.4, -0.2) is 49.8 Å². The number of hydrogen-bond donors (Lipinski definition) is 1. The first-order chi connectivity index (χ1) is 12.9. The number of likely N-dealkylation sites (tertiary alicyclic amines) is 1. The van der Waals surface area contributed by atoms with Gasteiger partial charge in [0.1, 0.15) is 5.82 Å². The first-order valence-corrected chi connectivity index (χ1v) is 9.99. The fourth-order valence-corrected chi connectivity index (χ4v) is 3.99. The summed E-state index contributed by atoms with van der Waals surface area (Å²) in [5.41, 5.74) is 2.75. The van der Waals surface area contributed by atoms with Crippen molar-refractivity contribution >= 4 is 11.6 Å². The number of carbonyl (C=O) groups excluding carboxylic acids is 1. The number of aromatic nitrogens is 4. The van der Waals surface area contributed by atoms with Gasteiger partial charge in [-0.3, -0.25) is 14.4 Å². The van der Waals surface area contributed by atoms with Gasteiger partial charge in [-0.05, 0) is 60.5 Å². The zero-order valence-corrected chi connectivity index (χ0v) is 17.2. The van der Waals surface area contributed by atoms with Gasteiger partial charge in [-0.25, -0.2) is 4.98 Å². The molecule has 1 fully saturated rings. The third kappa shape index (κ3) is 4.24. The zero-order valence-electron chi connectivity index (χ0n) is 17.2. The summed E-state index contributed by atoms with van der Waals surface area (Å²) < 4.78 is 4.19. The van der Waals surface area contributed by atoms with Gasteiger partial charge in [0.05, 0.1) is 23.6 Å². The van der Waals surface area contributed by atoms with Crippen LogP contribution < -0.4 is 5.32 Å². The maximum Gasteiger partial charge on any atom is 0.238 e. The third-order valence-electron chi connectivity index (χ3n) is 5.52. The summed E-state index contributed by atoms with van der Waals surface area (Å²) in [7, 11) is 0. The fraction of sp³-hybridized carbons (Fsp3) is 0.650. The summed E-state index contributed by atoms with van der Waals surface area (Å²) in [6, 6.07) is 0.432. The molecule has 3 heterocycles. The first kappa shape index (κ1) is 19.6. The Labute approximate surface area is 161 Å². The standard InChI is InChI=1S/C20H32N6O/c1-6-26-16(5)19(15(4)23-26)22-18(27)13-24-10-7-17(8-11-24)20-21-9-12-25(20)14(2)3/h9,12,14,17H,6-8,10-11,13H2,1-5H3,(H,22,27). The summed E-state index contributed by atoms with van der Waals surface area (Å²) >= 11 is 0. The summed E-state index contributed by atoms with van der Waals surface area (Å²) in [5, 5.41) is 7.53. The van der Waals surface area contributed by atoms with Crippen LogP contribution in [0.15, 0.2) is 12.4 Å². The Bertz CT molecular complexity index is 782. The second-order valence-corrected chi connectivity index (χ2v) is 7.75. The Morgan fingerprint density at radius 3 is 2.59 bits per heavy atom. The topological polar surface area (TPSA) is 68.0 Å². The average Bonchev–Trinajstić information content (AvgIpc) is 3.23. The Morgan fingerprint density at radius 1 is 1.30 bits per heavy atom. The molecule has 0 aliphatic carbocycles. The van der Waals surface area contributed by atoms with Crippen molar-refractivity contribution in [2.24, 2.45) is 0 Å². The number of amides is 1. The Kier molecular flexibility index (Phi) is 5.99. The minimum Gasteiger partial charge on any atom is -0.332 e. The van der Waals surface area contributed by atoms with Crippen LogP contribution >= 0.6 is 0 Å². The van der Waals surface area contributed by atoms with Crippen molar-refractivity contribution in [3.05, 3.63) is 29.6 Å². The highest BCUT2D eigenvalue weighted by atomic mass is 16.2. The molecule has 0 radical (unpaired) electrons. The summed E-state index contributed by atoms with van der Waals surface area (Å²) in [5.74, 6) is 1.71. The Hall–Kier alpha value is -2.15. The van der Waals surface area contributed by atoms with E-state index in [0.29, 0.717) is 18.5 Å². The van der Waals surface area contributed by atoms with Crippen LogP contribution in [0.1, 0.15) is 62.8 Å². The third-order valence-corrected chi connectivity index (χ3v) is 5.52. The van der Waals surface area contributed by atoms with E-state index in [1.165, 1.54) is 5.82 Å². The molecule has 2 aromatic heterocycles. The number of imidazole rings is 1. The Balaban J connectivity index is 1.54. The normalized spacial score (nSPS) is 16.2. The van der Waals surface area contributed by atoms with E-state index >= 15 is 0 Å². The van der Waals surface area contributed by atoms with Gasteiger partial charge in [0.15, 0.2) is 0 Å². The molecule has 27 heavy (non-hydrogen) atoms. The van der Waals surface area contributed by atoms with Crippen LogP contribution in [-0.2, 0) is 11.3 Å². The van der Waals surface area contributed by atoms with Crippen molar-refractivity contribution in [3.8, 4) is 0 Å². The number of hydrogen-bond acceptors (Lipinski definition) is 4. The zero-order chi connectivity index (χ0) is 19.6.